The monoisotopic (exact) mass is 446 g/mol. The van der Waals surface area contributed by atoms with E-state index in [1.807, 2.05) is 0 Å². The van der Waals surface area contributed by atoms with E-state index in [0.29, 0.717) is 23.7 Å². The summed E-state index contributed by atoms with van der Waals surface area (Å²) in [5, 5.41) is 7.72. The van der Waals surface area contributed by atoms with Crippen LogP contribution in [0.4, 0.5) is 0 Å². The molecular weight excluding hydrogens is 424 g/mol. The lowest BCUT2D eigenvalue weighted by Crippen LogP contribution is -2.17. The maximum Gasteiger partial charge on any atom is 0.0783 e. The second-order valence-corrected chi connectivity index (χ2v) is 11.3. The van der Waals surface area contributed by atoms with Crippen LogP contribution in [0.5, 0.6) is 0 Å². The zero-order valence-corrected chi connectivity index (χ0v) is 19.1. The van der Waals surface area contributed by atoms with E-state index in [9.17, 15) is 0 Å². The van der Waals surface area contributed by atoms with Gasteiger partial charge >= 0.3 is 0 Å². The maximum atomic E-state index is 5.48. The van der Waals surface area contributed by atoms with Gasteiger partial charge in [-0.1, -0.05) is 72.8 Å². The number of aromatic nitrogens is 2. The summed E-state index contributed by atoms with van der Waals surface area (Å²) < 4.78 is 0. The van der Waals surface area contributed by atoms with Crippen molar-refractivity contribution in [3.63, 3.8) is 0 Å². The van der Waals surface area contributed by atoms with Gasteiger partial charge in [-0.2, -0.15) is 0 Å². The van der Waals surface area contributed by atoms with Crippen molar-refractivity contribution in [2.45, 2.75) is 30.1 Å². The Morgan fingerprint density at radius 3 is 1.46 bits per heavy atom. The fraction of sp³-hybridized carbons (Fsp3) is 0.212. The van der Waals surface area contributed by atoms with Crippen LogP contribution in [0.2, 0.25) is 0 Å². The van der Waals surface area contributed by atoms with Crippen LogP contribution in [0.15, 0.2) is 84.9 Å². The number of hydrogen-bond donors (Lipinski definition) is 0. The molecule has 0 radical (unpaired) electrons. The van der Waals surface area contributed by atoms with Crippen molar-refractivity contribution in [1.29, 1.82) is 0 Å². The number of fused-ring (bicyclic) bond motifs is 14. The fourth-order valence-corrected chi connectivity index (χ4v) is 8.95. The van der Waals surface area contributed by atoms with Gasteiger partial charge in [0.1, 0.15) is 0 Å². The summed E-state index contributed by atoms with van der Waals surface area (Å²) in [6.07, 6.45) is 1.34. The highest BCUT2D eigenvalue weighted by molar-refractivity contribution is 6.06. The van der Waals surface area contributed by atoms with Gasteiger partial charge in [-0.15, -0.1) is 0 Å². The largest absolute Gasteiger partial charge is 0.252 e. The molecule has 35 heavy (non-hydrogen) atoms. The van der Waals surface area contributed by atoms with Crippen molar-refractivity contribution >= 4 is 43.4 Å². The second-order valence-electron chi connectivity index (χ2n) is 11.3. The van der Waals surface area contributed by atoms with Gasteiger partial charge in [-0.05, 0) is 64.1 Å². The first kappa shape index (κ1) is 17.6. The van der Waals surface area contributed by atoms with Gasteiger partial charge in [-0.25, -0.2) is 0 Å². The van der Waals surface area contributed by atoms with Gasteiger partial charge in [0.25, 0.3) is 0 Å². The van der Waals surface area contributed by atoms with Crippen LogP contribution in [0.1, 0.15) is 52.6 Å². The van der Waals surface area contributed by atoms with Crippen LogP contribution in [0.25, 0.3) is 43.4 Å². The number of nitrogens with zero attached hydrogens (tertiary/aromatic N) is 2. The first-order valence-corrected chi connectivity index (χ1v) is 13.0. The molecule has 0 spiro atoms. The molecule has 0 amide bonds. The van der Waals surface area contributed by atoms with E-state index in [4.69, 9.17) is 9.97 Å². The molecular formula is C33H22N2. The topological polar surface area (TPSA) is 25.8 Å². The summed E-state index contributed by atoms with van der Waals surface area (Å²) in [4.78, 5) is 11.0. The second kappa shape index (κ2) is 5.71. The van der Waals surface area contributed by atoms with E-state index in [0.717, 1.165) is 11.8 Å². The first-order chi connectivity index (χ1) is 17.3. The van der Waals surface area contributed by atoms with Gasteiger partial charge in [-0.3, -0.25) is 9.97 Å². The Labute approximate surface area is 202 Å². The van der Waals surface area contributed by atoms with Crippen molar-refractivity contribution in [2.24, 2.45) is 11.8 Å². The van der Waals surface area contributed by atoms with E-state index < -0.39 is 0 Å². The molecule has 2 fully saturated rings. The minimum absolute atomic E-state index is 0.529. The Morgan fingerprint density at radius 2 is 0.943 bits per heavy atom. The molecule has 6 atom stereocenters. The highest BCUT2D eigenvalue weighted by atomic mass is 14.9. The standard InChI is InChI=1S/C33H22N2/c1-3-7-20-16(5-1)9-11-18-13-24-26-22-15-23-27(26)25-14-19-12-10-17-6-2-4-8-21(17)31(19)35-33(25)29(23)28(22)32(24)34-30(18)20/h1-14,22-23,26-29H,15H2/t22-,23-,26?,27?,28?,29?/m1/s1. The van der Waals surface area contributed by atoms with Crippen LogP contribution in [0.3, 0.4) is 0 Å². The van der Waals surface area contributed by atoms with Crippen LogP contribution in [-0.4, -0.2) is 9.97 Å². The summed E-state index contributed by atoms with van der Waals surface area (Å²) >= 11 is 0. The molecule has 164 valence electrons. The number of hydrogen-bond acceptors (Lipinski definition) is 2. The molecule has 4 aliphatic rings. The fourth-order valence-electron chi connectivity index (χ4n) is 8.95. The van der Waals surface area contributed by atoms with Crippen molar-refractivity contribution in [3.8, 4) is 0 Å². The van der Waals surface area contributed by atoms with E-state index in [2.05, 4.69) is 84.9 Å². The Morgan fingerprint density at radius 1 is 0.486 bits per heavy atom. The third kappa shape index (κ3) is 1.91. The molecule has 10 rings (SSSR count). The van der Waals surface area contributed by atoms with Gasteiger partial charge < -0.3 is 0 Å². The number of benzene rings is 4. The lowest BCUT2D eigenvalue weighted by molar-refractivity contribution is 0.350. The number of rotatable bonds is 0. The third-order valence-electron chi connectivity index (χ3n) is 10.1. The lowest BCUT2D eigenvalue weighted by atomic mass is 9.76. The van der Waals surface area contributed by atoms with E-state index in [-0.39, 0.29) is 0 Å². The summed E-state index contributed by atoms with van der Waals surface area (Å²) in [5.41, 5.74) is 8.23. The summed E-state index contributed by atoms with van der Waals surface area (Å²) in [7, 11) is 0. The Kier molecular flexibility index (Phi) is 2.88. The van der Waals surface area contributed by atoms with E-state index in [1.165, 1.54) is 61.2 Å². The van der Waals surface area contributed by atoms with Gasteiger partial charge in [0.05, 0.1) is 11.0 Å². The molecule has 6 aromatic rings. The highest BCUT2D eigenvalue weighted by Crippen LogP contribution is 2.78. The van der Waals surface area contributed by atoms with Crippen LogP contribution < -0.4 is 0 Å². The van der Waals surface area contributed by atoms with Gasteiger partial charge in [0.2, 0.25) is 0 Å². The normalized spacial score (nSPS) is 29.0. The van der Waals surface area contributed by atoms with E-state index >= 15 is 0 Å². The molecule has 2 nitrogen and oxygen atoms in total. The molecule has 2 aromatic heterocycles. The molecule has 2 bridgehead atoms. The molecule has 2 heterocycles. The quantitative estimate of drug-likeness (QED) is 0.222. The molecule has 4 unspecified atom stereocenters. The molecule has 0 aliphatic heterocycles. The van der Waals surface area contributed by atoms with Gasteiger partial charge in [0, 0.05) is 44.8 Å². The van der Waals surface area contributed by atoms with Crippen molar-refractivity contribution in [3.05, 3.63) is 107 Å². The van der Waals surface area contributed by atoms with Gasteiger partial charge in [0.15, 0.2) is 0 Å². The zero-order valence-electron chi connectivity index (χ0n) is 19.1. The Hall–Kier alpha value is -3.78. The molecule has 2 saturated carbocycles. The Balaban J connectivity index is 1.25. The molecule has 4 aromatic carbocycles. The average molecular weight is 447 g/mol. The van der Waals surface area contributed by atoms with Crippen LogP contribution in [0, 0.1) is 11.8 Å². The minimum atomic E-state index is 0.529. The predicted octanol–water partition coefficient (Wildman–Crippen LogP) is 7.80. The zero-order chi connectivity index (χ0) is 22.4. The average Bonchev–Trinajstić information content (AvgIpc) is 3.58. The van der Waals surface area contributed by atoms with Crippen molar-refractivity contribution in [2.75, 3.05) is 0 Å². The smallest absolute Gasteiger partial charge is 0.0783 e. The molecule has 0 saturated heterocycles. The maximum absolute atomic E-state index is 5.48. The summed E-state index contributed by atoms with van der Waals surface area (Å²) in [6, 6.07) is 31.5. The highest BCUT2D eigenvalue weighted by Gasteiger charge is 2.68. The SMILES string of the molecule is c1ccc2c(c1)ccc1cc3c(nc12)C1C2c4nc5c(ccc6ccccc65)cc4C4C3[C@H]1C[C@H]42. The van der Waals surface area contributed by atoms with E-state index in [1.54, 1.807) is 11.1 Å². The van der Waals surface area contributed by atoms with Crippen molar-refractivity contribution in [1.82, 2.24) is 9.97 Å². The number of pyridine rings is 2. The summed E-state index contributed by atoms with van der Waals surface area (Å²) in [5.74, 6) is 3.74. The minimum Gasteiger partial charge on any atom is -0.252 e. The predicted molar refractivity (Wildman–Crippen MR) is 141 cm³/mol. The van der Waals surface area contributed by atoms with Crippen molar-refractivity contribution < 1.29 is 0 Å². The summed E-state index contributed by atoms with van der Waals surface area (Å²) in [6.45, 7) is 0. The Bertz CT molecular complexity index is 1790. The molecule has 2 heteroatoms. The first-order valence-electron chi connectivity index (χ1n) is 13.0. The molecule has 0 N–H and O–H groups in total. The lowest BCUT2D eigenvalue weighted by Gasteiger charge is -2.26. The van der Waals surface area contributed by atoms with Crippen LogP contribution >= 0.6 is 0 Å². The third-order valence-corrected chi connectivity index (χ3v) is 10.1. The molecule has 4 aliphatic carbocycles. The van der Waals surface area contributed by atoms with Crippen LogP contribution in [-0.2, 0) is 0 Å².